The maximum absolute atomic E-state index is 12.5. The summed E-state index contributed by atoms with van der Waals surface area (Å²) in [5.41, 5.74) is 2.63. The fraction of sp³-hybridized carbons (Fsp3) is 0.316. The predicted octanol–water partition coefficient (Wildman–Crippen LogP) is 3.21. The molecule has 0 bridgehead atoms. The number of carbonyl (C=O) groups excluding carboxylic acids is 2. The Labute approximate surface area is 160 Å². The minimum absolute atomic E-state index is 0.179. The molecule has 0 radical (unpaired) electrons. The molecular formula is C19H21N3O4S. The number of H-pyrrole nitrogens is 1. The summed E-state index contributed by atoms with van der Waals surface area (Å²) >= 11 is 1.36. The number of rotatable bonds is 6. The first-order chi connectivity index (χ1) is 12.9. The Morgan fingerprint density at radius 1 is 1.26 bits per heavy atom. The Morgan fingerprint density at radius 2 is 2.00 bits per heavy atom. The molecule has 142 valence electrons. The van der Waals surface area contributed by atoms with Crippen molar-refractivity contribution in [2.24, 2.45) is 0 Å². The van der Waals surface area contributed by atoms with Crippen LogP contribution < -0.4 is 11.0 Å². The lowest BCUT2D eigenvalue weighted by Gasteiger charge is -2.08. The number of ether oxygens (including phenoxy) is 1. The first-order valence-electron chi connectivity index (χ1n) is 8.60. The van der Waals surface area contributed by atoms with E-state index in [0.717, 1.165) is 21.5 Å². The summed E-state index contributed by atoms with van der Waals surface area (Å²) in [4.78, 5) is 39.6. The first-order valence-corrected chi connectivity index (χ1v) is 9.42. The van der Waals surface area contributed by atoms with E-state index in [9.17, 15) is 14.4 Å². The van der Waals surface area contributed by atoms with Crippen LogP contribution in [0.25, 0.3) is 11.0 Å². The zero-order valence-corrected chi connectivity index (χ0v) is 16.2. The molecule has 0 unspecified atom stereocenters. The summed E-state index contributed by atoms with van der Waals surface area (Å²) in [5, 5.41) is 3.20. The van der Waals surface area contributed by atoms with E-state index in [1.165, 1.54) is 18.3 Å². The zero-order chi connectivity index (χ0) is 19.6. The number of carbonyl (C=O) groups is 2. The maximum Gasteiger partial charge on any atom is 0.341 e. The van der Waals surface area contributed by atoms with Crippen molar-refractivity contribution in [3.63, 3.8) is 0 Å². The number of aryl methyl sites for hydroxylation is 2. The van der Waals surface area contributed by atoms with E-state index in [1.807, 2.05) is 38.1 Å². The van der Waals surface area contributed by atoms with Crippen molar-refractivity contribution in [3.05, 3.63) is 50.8 Å². The van der Waals surface area contributed by atoms with Crippen LogP contribution in [0.5, 0.6) is 0 Å². The van der Waals surface area contributed by atoms with Crippen molar-refractivity contribution in [1.29, 1.82) is 0 Å². The van der Waals surface area contributed by atoms with Gasteiger partial charge in [0.2, 0.25) is 5.91 Å². The Kier molecular flexibility index (Phi) is 5.46. The topological polar surface area (TPSA) is 93.2 Å². The van der Waals surface area contributed by atoms with Gasteiger partial charge in [0, 0.05) is 18.3 Å². The second-order valence-electron chi connectivity index (χ2n) is 6.26. The second-order valence-corrected chi connectivity index (χ2v) is 7.48. The van der Waals surface area contributed by atoms with Crippen LogP contribution in [0.15, 0.2) is 29.1 Å². The number of nitrogens with zero attached hydrogens (tertiary/aromatic N) is 1. The van der Waals surface area contributed by atoms with Crippen molar-refractivity contribution in [1.82, 2.24) is 9.55 Å². The van der Waals surface area contributed by atoms with E-state index in [1.54, 1.807) is 4.57 Å². The third-order valence-electron chi connectivity index (χ3n) is 4.32. The molecule has 7 nitrogen and oxygen atoms in total. The molecule has 27 heavy (non-hydrogen) atoms. The number of amides is 1. The van der Waals surface area contributed by atoms with Crippen molar-refractivity contribution in [3.8, 4) is 0 Å². The van der Waals surface area contributed by atoms with E-state index < -0.39 is 5.97 Å². The summed E-state index contributed by atoms with van der Waals surface area (Å²) in [7, 11) is 0. The van der Waals surface area contributed by atoms with Crippen molar-refractivity contribution >= 4 is 39.2 Å². The van der Waals surface area contributed by atoms with E-state index in [2.05, 4.69) is 10.3 Å². The first kappa shape index (κ1) is 18.9. The maximum atomic E-state index is 12.5. The summed E-state index contributed by atoms with van der Waals surface area (Å²) in [5.74, 6) is -0.698. The molecule has 0 aliphatic heterocycles. The van der Waals surface area contributed by atoms with Gasteiger partial charge in [-0.25, -0.2) is 9.59 Å². The second kappa shape index (κ2) is 7.79. The lowest BCUT2D eigenvalue weighted by atomic mass is 10.1. The largest absolute Gasteiger partial charge is 0.462 e. The molecule has 1 aromatic carbocycles. The quantitative estimate of drug-likeness (QED) is 0.502. The number of esters is 1. The number of fused-ring (bicyclic) bond motifs is 1. The van der Waals surface area contributed by atoms with Gasteiger partial charge >= 0.3 is 11.7 Å². The molecule has 2 heterocycles. The van der Waals surface area contributed by atoms with Gasteiger partial charge in [0.1, 0.15) is 5.00 Å². The summed E-state index contributed by atoms with van der Waals surface area (Å²) in [6.45, 7) is 5.75. The van der Waals surface area contributed by atoms with Crippen LogP contribution in [0, 0.1) is 13.8 Å². The molecule has 0 saturated carbocycles. The summed E-state index contributed by atoms with van der Waals surface area (Å²) in [6.07, 6.45) is 0.505. The van der Waals surface area contributed by atoms with Crippen LogP contribution in [0.3, 0.4) is 0 Å². The van der Waals surface area contributed by atoms with Crippen LogP contribution in [0.2, 0.25) is 0 Å². The van der Waals surface area contributed by atoms with E-state index in [0.29, 0.717) is 23.5 Å². The third kappa shape index (κ3) is 3.95. The Morgan fingerprint density at radius 3 is 2.74 bits per heavy atom. The van der Waals surface area contributed by atoms with Gasteiger partial charge in [-0.1, -0.05) is 12.1 Å². The number of aromatic amines is 1. The molecule has 0 fully saturated rings. The highest BCUT2D eigenvalue weighted by Crippen LogP contribution is 2.33. The summed E-state index contributed by atoms with van der Waals surface area (Å²) < 4.78 is 7.02. The number of nitrogens with one attached hydrogen (secondary N) is 2. The Hall–Kier alpha value is -2.87. The molecule has 1 amide bonds. The molecule has 0 aliphatic carbocycles. The molecule has 0 saturated heterocycles. The van der Waals surface area contributed by atoms with E-state index >= 15 is 0 Å². The smallest absolute Gasteiger partial charge is 0.341 e. The molecule has 3 aromatic rings. The number of hydrogen-bond acceptors (Lipinski definition) is 5. The van der Waals surface area contributed by atoms with E-state index in [-0.39, 0.29) is 18.2 Å². The average molecular weight is 387 g/mol. The van der Waals surface area contributed by atoms with Gasteiger partial charge in [0.15, 0.2) is 0 Å². The molecular weight excluding hydrogens is 366 g/mol. The number of aromatic nitrogens is 2. The molecule has 2 aromatic heterocycles. The lowest BCUT2D eigenvalue weighted by Crippen LogP contribution is -2.18. The molecule has 0 spiro atoms. The average Bonchev–Trinajstić information content (AvgIpc) is 3.07. The minimum Gasteiger partial charge on any atom is -0.462 e. The Balaban J connectivity index is 1.64. The van der Waals surface area contributed by atoms with Crippen molar-refractivity contribution < 1.29 is 14.3 Å². The highest BCUT2D eigenvalue weighted by Gasteiger charge is 2.21. The number of para-hydroxylation sites is 2. The standard InChI is InChI=1S/C19H21N3O4S/c1-11-12(2)27-17(20-13(3)23)16(11)18(24)26-10-6-9-22-15-8-5-4-7-14(15)21-19(22)25/h4-5,7-8H,6,9-10H2,1-3H3,(H,20,23)(H,21,25). The van der Waals surface area contributed by atoms with Crippen LogP contribution >= 0.6 is 11.3 Å². The highest BCUT2D eigenvalue weighted by molar-refractivity contribution is 7.16. The number of anilines is 1. The van der Waals surface area contributed by atoms with Crippen LogP contribution in [-0.2, 0) is 16.1 Å². The van der Waals surface area contributed by atoms with Gasteiger partial charge in [0.25, 0.3) is 0 Å². The fourth-order valence-electron chi connectivity index (χ4n) is 2.91. The number of benzene rings is 1. The van der Waals surface area contributed by atoms with Crippen LogP contribution in [-0.4, -0.2) is 28.0 Å². The van der Waals surface area contributed by atoms with Crippen molar-refractivity contribution in [2.75, 3.05) is 11.9 Å². The Bertz CT molecular complexity index is 1060. The van der Waals surface area contributed by atoms with Gasteiger partial charge in [-0.3, -0.25) is 9.36 Å². The fourth-order valence-corrected chi connectivity index (χ4v) is 4.00. The van der Waals surface area contributed by atoms with Gasteiger partial charge in [-0.15, -0.1) is 11.3 Å². The van der Waals surface area contributed by atoms with Crippen LogP contribution in [0.1, 0.15) is 34.1 Å². The SMILES string of the molecule is CC(=O)Nc1sc(C)c(C)c1C(=O)OCCCn1c(=O)[nH]c2ccccc21. The third-order valence-corrected chi connectivity index (χ3v) is 5.44. The number of imidazole rings is 1. The van der Waals surface area contributed by atoms with Gasteiger partial charge in [-0.2, -0.15) is 0 Å². The predicted molar refractivity (Wildman–Crippen MR) is 106 cm³/mol. The monoisotopic (exact) mass is 387 g/mol. The molecule has 0 atom stereocenters. The highest BCUT2D eigenvalue weighted by atomic mass is 32.1. The van der Waals surface area contributed by atoms with Gasteiger partial charge < -0.3 is 15.0 Å². The van der Waals surface area contributed by atoms with Gasteiger partial charge in [-0.05, 0) is 38.0 Å². The molecule has 8 heteroatoms. The molecule has 0 aliphatic rings. The summed E-state index contributed by atoms with van der Waals surface area (Å²) in [6, 6.07) is 7.45. The zero-order valence-electron chi connectivity index (χ0n) is 15.4. The number of hydrogen-bond donors (Lipinski definition) is 2. The van der Waals surface area contributed by atoms with Crippen LogP contribution in [0.4, 0.5) is 5.00 Å². The minimum atomic E-state index is -0.466. The molecule has 3 rings (SSSR count). The lowest BCUT2D eigenvalue weighted by molar-refractivity contribution is -0.114. The number of thiophene rings is 1. The molecule has 2 N–H and O–H groups in total. The van der Waals surface area contributed by atoms with Gasteiger partial charge in [0.05, 0.1) is 23.2 Å². The van der Waals surface area contributed by atoms with Crippen molar-refractivity contribution in [2.45, 2.75) is 33.7 Å². The van der Waals surface area contributed by atoms with E-state index in [4.69, 9.17) is 4.74 Å². The normalized spacial score (nSPS) is 10.9.